The first-order valence-corrected chi connectivity index (χ1v) is 8.78. The van der Waals surface area contributed by atoms with Crippen LogP contribution in [-0.2, 0) is 7.05 Å². The fourth-order valence-electron chi connectivity index (χ4n) is 3.31. The highest BCUT2D eigenvalue weighted by molar-refractivity contribution is 5.88. The van der Waals surface area contributed by atoms with E-state index >= 15 is 0 Å². The molecule has 128 valence electrons. The quantitative estimate of drug-likeness (QED) is 0.736. The summed E-state index contributed by atoms with van der Waals surface area (Å²) < 4.78 is 1.78. The Kier molecular flexibility index (Phi) is 4.17. The van der Waals surface area contributed by atoms with E-state index in [1.54, 1.807) is 17.1 Å². The summed E-state index contributed by atoms with van der Waals surface area (Å²) in [5.41, 5.74) is 3.18. The van der Waals surface area contributed by atoms with Crippen LogP contribution in [0, 0.1) is 0 Å². The summed E-state index contributed by atoms with van der Waals surface area (Å²) in [6.07, 6.45) is 12.6. The van der Waals surface area contributed by atoms with Crippen LogP contribution in [0.4, 0.5) is 5.82 Å². The molecule has 1 atom stereocenters. The van der Waals surface area contributed by atoms with Gasteiger partial charge in [-0.2, -0.15) is 5.10 Å². The van der Waals surface area contributed by atoms with Crippen molar-refractivity contribution in [3.05, 3.63) is 42.4 Å². The Balaban J connectivity index is 1.75. The summed E-state index contributed by atoms with van der Waals surface area (Å²) in [6, 6.07) is 4.12. The van der Waals surface area contributed by atoms with Gasteiger partial charge >= 0.3 is 0 Å². The lowest BCUT2D eigenvalue weighted by atomic mass is 9.95. The molecule has 1 N–H and O–H groups in total. The molecule has 0 aromatic carbocycles. The molecule has 25 heavy (non-hydrogen) atoms. The third-order valence-corrected chi connectivity index (χ3v) is 4.75. The molecule has 0 aliphatic heterocycles. The van der Waals surface area contributed by atoms with Crippen LogP contribution in [0.2, 0.25) is 0 Å². The number of anilines is 1. The minimum atomic E-state index is 0.250. The van der Waals surface area contributed by atoms with Gasteiger partial charge in [-0.25, -0.2) is 9.97 Å². The number of nitrogens with one attached hydrogen (secondary N) is 1. The Labute approximate surface area is 147 Å². The van der Waals surface area contributed by atoms with Crippen LogP contribution in [0.25, 0.3) is 22.4 Å². The molecule has 0 bridgehead atoms. The van der Waals surface area contributed by atoms with Gasteiger partial charge in [-0.1, -0.05) is 11.6 Å². The van der Waals surface area contributed by atoms with Gasteiger partial charge in [0.2, 0.25) is 0 Å². The molecule has 1 aliphatic rings. The number of aromatic nitrogens is 5. The van der Waals surface area contributed by atoms with Crippen LogP contribution in [0.3, 0.4) is 0 Å². The standard InChI is InChI=1S/C19H22N6/c1-13(14-7-4-3-5-8-14)22-18-16-12-21-25(2)19(16)24-17(23-18)15-9-6-10-20-11-15/h6-7,9-13H,3-5,8H2,1-2H3,(H,22,23,24)/t13-/m0/s1. The fraction of sp³-hybridized carbons (Fsp3) is 0.368. The normalized spacial score (nSPS) is 15.8. The second-order valence-electron chi connectivity index (χ2n) is 6.53. The lowest BCUT2D eigenvalue weighted by Crippen LogP contribution is -2.20. The van der Waals surface area contributed by atoms with Crippen LogP contribution < -0.4 is 5.32 Å². The monoisotopic (exact) mass is 334 g/mol. The van der Waals surface area contributed by atoms with Gasteiger partial charge < -0.3 is 5.32 Å². The van der Waals surface area contributed by atoms with Crippen molar-refractivity contribution >= 4 is 16.9 Å². The molecule has 6 nitrogen and oxygen atoms in total. The molecule has 6 heteroatoms. The summed E-state index contributed by atoms with van der Waals surface area (Å²) in [7, 11) is 1.90. The molecular formula is C19H22N6. The molecule has 0 fully saturated rings. The van der Waals surface area contributed by atoms with Gasteiger partial charge in [-0.05, 0) is 44.7 Å². The first-order valence-electron chi connectivity index (χ1n) is 8.78. The van der Waals surface area contributed by atoms with Crippen molar-refractivity contribution in [1.82, 2.24) is 24.7 Å². The number of hydrogen-bond donors (Lipinski definition) is 1. The zero-order valence-corrected chi connectivity index (χ0v) is 14.6. The van der Waals surface area contributed by atoms with Crippen LogP contribution in [0.5, 0.6) is 0 Å². The van der Waals surface area contributed by atoms with E-state index in [9.17, 15) is 0 Å². The van der Waals surface area contributed by atoms with Crippen molar-refractivity contribution in [2.45, 2.75) is 38.6 Å². The number of allylic oxidation sites excluding steroid dienone is 1. The zero-order valence-electron chi connectivity index (χ0n) is 14.6. The summed E-state index contributed by atoms with van der Waals surface area (Å²) in [6.45, 7) is 2.20. The van der Waals surface area contributed by atoms with E-state index in [1.807, 2.05) is 25.4 Å². The van der Waals surface area contributed by atoms with E-state index in [-0.39, 0.29) is 6.04 Å². The maximum atomic E-state index is 4.78. The average molecular weight is 334 g/mol. The molecule has 1 aliphatic carbocycles. The summed E-state index contributed by atoms with van der Waals surface area (Å²) in [5.74, 6) is 1.49. The predicted octanol–water partition coefficient (Wildman–Crippen LogP) is 3.73. The van der Waals surface area contributed by atoms with E-state index in [1.165, 1.54) is 24.8 Å². The molecule has 3 aromatic rings. The van der Waals surface area contributed by atoms with E-state index in [0.717, 1.165) is 28.8 Å². The molecule has 0 saturated carbocycles. The molecule has 0 radical (unpaired) electrons. The van der Waals surface area contributed by atoms with Gasteiger partial charge in [0, 0.05) is 31.0 Å². The third kappa shape index (κ3) is 3.12. The van der Waals surface area contributed by atoms with E-state index in [2.05, 4.69) is 33.4 Å². The SMILES string of the molecule is C[C@H](Nc1nc(-c2cccnc2)nc2c1cnn2C)C1=CCCCC1. The Bertz CT molecular complexity index is 912. The predicted molar refractivity (Wildman–Crippen MR) is 99.2 cm³/mol. The van der Waals surface area contributed by atoms with Crippen molar-refractivity contribution in [3.8, 4) is 11.4 Å². The maximum absolute atomic E-state index is 4.78. The highest BCUT2D eigenvalue weighted by Crippen LogP contribution is 2.27. The number of hydrogen-bond acceptors (Lipinski definition) is 5. The molecule has 0 amide bonds. The van der Waals surface area contributed by atoms with Crippen molar-refractivity contribution in [2.24, 2.45) is 7.05 Å². The first-order chi connectivity index (χ1) is 12.2. The summed E-state index contributed by atoms with van der Waals surface area (Å²) >= 11 is 0. The van der Waals surface area contributed by atoms with Gasteiger partial charge in [0.25, 0.3) is 0 Å². The van der Waals surface area contributed by atoms with E-state index in [4.69, 9.17) is 4.98 Å². The second kappa shape index (κ2) is 6.63. The Morgan fingerprint density at radius 1 is 1.20 bits per heavy atom. The van der Waals surface area contributed by atoms with Crippen molar-refractivity contribution in [1.29, 1.82) is 0 Å². The minimum absolute atomic E-state index is 0.250. The maximum Gasteiger partial charge on any atom is 0.165 e. The summed E-state index contributed by atoms with van der Waals surface area (Å²) in [5, 5.41) is 8.88. The van der Waals surface area contributed by atoms with Gasteiger partial charge in [0.05, 0.1) is 11.6 Å². The highest BCUT2D eigenvalue weighted by Gasteiger charge is 2.17. The van der Waals surface area contributed by atoms with Gasteiger partial charge in [0.1, 0.15) is 5.82 Å². The van der Waals surface area contributed by atoms with Crippen molar-refractivity contribution < 1.29 is 0 Å². The molecule has 0 spiro atoms. The molecular weight excluding hydrogens is 312 g/mol. The lowest BCUT2D eigenvalue weighted by Gasteiger charge is -2.21. The van der Waals surface area contributed by atoms with Crippen molar-refractivity contribution in [2.75, 3.05) is 5.32 Å². The summed E-state index contributed by atoms with van der Waals surface area (Å²) in [4.78, 5) is 13.6. The van der Waals surface area contributed by atoms with Crippen LogP contribution >= 0.6 is 0 Å². The second-order valence-corrected chi connectivity index (χ2v) is 6.53. The smallest absolute Gasteiger partial charge is 0.165 e. The molecule has 3 heterocycles. The molecule has 0 saturated heterocycles. The fourth-order valence-corrected chi connectivity index (χ4v) is 3.31. The van der Waals surface area contributed by atoms with Crippen LogP contribution in [0.15, 0.2) is 42.4 Å². The molecule has 0 unspecified atom stereocenters. The van der Waals surface area contributed by atoms with E-state index in [0.29, 0.717) is 5.82 Å². The molecule has 3 aromatic heterocycles. The van der Waals surface area contributed by atoms with Crippen LogP contribution in [-0.4, -0.2) is 30.8 Å². The largest absolute Gasteiger partial charge is 0.363 e. The Morgan fingerprint density at radius 2 is 2.12 bits per heavy atom. The van der Waals surface area contributed by atoms with E-state index < -0.39 is 0 Å². The van der Waals surface area contributed by atoms with Gasteiger partial charge in [-0.3, -0.25) is 9.67 Å². The zero-order chi connectivity index (χ0) is 17.2. The molecule has 4 rings (SSSR count). The van der Waals surface area contributed by atoms with Gasteiger partial charge in [0.15, 0.2) is 11.5 Å². The third-order valence-electron chi connectivity index (χ3n) is 4.75. The highest BCUT2D eigenvalue weighted by atomic mass is 15.3. The number of aryl methyl sites for hydroxylation is 1. The van der Waals surface area contributed by atoms with Gasteiger partial charge in [-0.15, -0.1) is 0 Å². The lowest BCUT2D eigenvalue weighted by molar-refractivity contribution is 0.665. The first kappa shape index (κ1) is 15.7. The topological polar surface area (TPSA) is 68.5 Å². The number of nitrogens with zero attached hydrogens (tertiary/aromatic N) is 5. The average Bonchev–Trinajstić information content (AvgIpc) is 3.04. The number of pyridine rings is 1. The number of fused-ring (bicyclic) bond motifs is 1. The van der Waals surface area contributed by atoms with Crippen LogP contribution in [0.1, 0.15) is 32.6 Å². The number of rotatable bonds is 4. The Hall–Kier alpha value is -2.76. The minimum Gasteiger partial charge on any atom is -0.363 e. The van der Waals surface area contributed by atoms with Crippen molar-refractivity contribution in [3.63, 3.8) is 0 Å². The Morgan fingerprint density at radius 3 is 2.88 bits per heavy atom.